The number of amides is 2. The Balaban J connectivity index is 4.71. The molecule has 22 heavy (non-hydrogen) atoms. The molecule has 0 aromatic rings. The van der Waals surface area contributed by atoms with Crippen molar-refractivity contribution in [3.05, 3.63) is 0 Å². The number of carboxylic acid groups (broad SMARTS) is 1. The average molecular weight is 318 g/mol. The maximum absolute atomic E-state index is 11.9. The molecule has 0 unspecified atom stereocenters. The van der Waals surface area contributed by atoms with Crippen molar-refractivity contribution in [2.75, 3.05) is 13.6 Å². The van der Waals surface area contributed by atoms with Gasteiger partial charge >= 0.3 is 18.2 Å². The number of rotatable bonds is 4. The van der Waals surface area contributed by atoms with Crippen LogP contribution >= 0.6 is 0 Å². The fraction of sp³-hybridized carbons (Fsp3) is 0.786. The molecule has 2 N–H and O–H groups in total. The minimum atomic E-state index is -1.26. The second-order valence-corrected chi connectivity index (χ2v) is 6.83. The second kappa shape index (κ2) is 7.33. The van der Waals surface area contributed by atoms with E-state index in [1.807, 2.05) is 0 Å². The van der Waals surface area contributed by atoms with Crippen molar-refractivity contribution in [1.29, 1.82) is 0 Å². The Hall–Kier alpha value is -1.99. The predicted octanol–water partition coefficient (Wildman–Crippen LogP) is 1.83. The fourth-order valence-corrected chi connectivity index (χ4v) is 1.35. The average Bonchev–Trinajstić information content (AvgIpc) is 2.23. The molecule has 0 spiro atoms. The van der Waals surface area contributed by atoms with Crippen molar-refractivity contribution >= 4 is 18.2 Å². The Labute approximate surface area is 130 Å². The van der Waals surface area contributed by atoms with Crippen molar-refractivity contribution in [2.24, 2.45) is 0 Å². The van der Waals surface area contributed by atoms with Gasteiger partial charge in [0.25, 0.3) is 0 Å². The summed E-state index contributed by atoms with van der Waals surface area (Å²) in [6.45, 7) is 9.80. The number of alkyl carbamates (subject to hydrolysis) is 1. The highest BCUT2D eigenvalue weighted by atomic mass is 16.6. The van der Waals surface area contributed by atoms with E-state index in [1.54, 1.807) is 41.5 Å². The number of nitrogens with one attached hydrogen (secondary N) is 1. The van der Waals surface area contributed by atoms with E-state index in [4.69, 9.17) is 9.47 Å². The topological polar surface area (TPSA) is 105 Å². The molecule has 0 rings (SSSR count). The molecule has 2 amide bonds. The van der Waals surface area contributed by atoms with Crippen LogP contribution in [-0.2, 0) is 14.3 Å². The van der Waals surface area contributed by atoms with Crippen LogP contribution in [0.3, 0.4) is 0 Å². The summed E-state index contributed by atoms with van der Waals surface area (Å²) in [5.74, 6) is -1.26. The zero-order valence-corrected chi connectivity index (χ0v) is 14.2. The number of carboxylic acids is 1. The molecule has 0 saturated heterocycles. The lowest BCUT2D eigenvalue weighted by Gasteiger charge is -2.29. The van der Waals surface area contributed by atoms with Crippen LogP contribution in [0.5, 0.6) is 0 Å². The SMILES string of the molecule is CN(C(=O)OC(C)(C)C)[C@@H](CNC(=O)OC(C)(C)C)C(=O)O. The lowest BCUT2D eigenvalue weighted by Crippen LogP contribution is -2.51. The first-order valence-corrected chi connectivity index (χ1v) is 6.88. The molecule has 0 aromatic carbocycles. The third kappa shape index (κ3) is 8.33. The maximum atomic E-state index is 11.9. The third-order valence-electron chi connectivity index (χ3n) is 2.27. The van der Waals surface area contributed by atoms with Gasteiger partial charge in [-0.2, -0.15) is 0 Å². The normalized spacial score (nSPS) is 13.0. The Morgan fingerprint density at radius 3 is 1.86 bits per heavy atom. The molecule has 0 aliphatic rings. The molecular weight excluding hydrogens is 292 g/mol. The molecule has 128 valence electrons. The van der Waals surface area contributed by atoms with Gasteiger partial charge in [0.05, 0.1) is 6.54 Å². The Morgan fingerprint density at radius 2 is 1.50 bits per heavy atom. The van der Waals surface area contributed by atoms with Crippen LogP contribution in [0.2, 0.25) is 0 Å². The van der Waals surface area contributed by atoms with Crippen LogP contribution in [0.15, 0.2) is 0 Å². The second-order valence-electron chi connectivity index (χ2n) is 6.83. The molecule has 0 aromatic heterocycles. The lowest BCUT2D eigenvalue weighted by atomic mass is 10.2. The van der Waals surface area contributed by atoms with Gasteiger partial charge in [-0.3, -0.25) is 4.90 Å². The number of carbonyl (C=O) groups excluding carboxylic acids is 2. The number of likely N-dealkylation sites (N-methyl/N-ethyl adjacent to an activating group) is 1. The summed E-state index contributed by atoms with van der Waals surface area (Å²) >= 11 is 0. The van der Waals surface area contributed by atoms with Gasteiger partial charge in [0, 0.05) is 7.05 Å². The van der Waals surface area contributed by atoms with Crippen LogP contribution in [0.1, 0.15) is 41.5 Å². The molecule has 0 bridgehead atoms. The van der Waals surface area contributed by atoms with E-state index in [9.17, 15) is 19.5 Å². The van der Waals surface area contributed by atoms with Crippen LogP contribution in [0, 0.1) is 0 Å². The van der Waals surface area contributed by atoms with Crippen LogP contribution in [0.25, 0.3) is 0 Å². The first kappa shape index (κ1) is 20.0. The van der Waals surface area contributed by atoms with Crippen molar-refractivity contribution < 1.29 is 29.0 Å². The van der Waals surface area contributed by atoms with Gasteiger partial charge in [0.15, 0.2) is 0 Å². The molecule has 8 heteroatoms. The molecule has 0 aliphatic heterocycles. The van der Waals surface area contributed by atoms with Gasteiger partial charge in [0.1, 0.15) is 17.2 Å². The van der Waals surface area contributed by atoms with E-state index in [1.165, 1.54) is 7.05 Å². The van der Waals surface area contributed by atoms with Crippen molar-refractivity contribution in [1.82, 2.24) is 10.2 Å². The minimum Gasteiger partial charge on any atom is -0.480 e. The fourth-order valence-electron chi connectivity index (χ4n) is 1.35. The summed E-state index contributed by atoms with van der Waals surface area (Å²) in [6, 6.07) is -1.26. The van der Waals surface area contributed by atoms with E-state index in [-0.39, 0.29) is 6.54 Å². The number of nitrogens with zero attached hydrogens (tertiary/aromatic N) is 1. The van der Waals surface area contributed by atoms with Gasteiger partial charge in [-0.15, -0.1) is 0 Å². The zero-order valence-electron chi connectivity index (χ0n) is 14.2. The van der Waals surface area contributed by atoms with E-state index in [2.05, 4.69) is 5.32 Å². The molecule has 8 nitrogen and oxygen atoms in total. The van der Waals surface area contributed by atoms with Gasteiger partial charge in [-0.1, -0.05) is 0 Å². The molecule has 0 saturated carbocycles. The number of hydrogen-bond donors (Lipinski definition) is 2. The highest BCUT2D eigenvalue weighted by Gasteiger charge is 2.31. The van der Waals surface area contributed by atoms with Gasteiger partial charge in [0.2, 0.25) is 0 Å². The first-order valence-electron chi connectivity index (χ1n) is 6.88. The number of aliphatic carboxylic acids is 1. The van der Waals surface area contributed by atoms with E-state index in [0.29, 0.717) is 0 Å². The summed E-state index contributed by atoms with van der Waals surface area (Å²) in [5.41, 5.74) is -1.44. The molecule has 0 radical (unpaired) electrons. The van der Waals surface area contributed by atoms with Crippen LogP contribution < -0.4 is 5.32 Å². The maximum Gasteiger partial charge on any atom is 0.410 e. The third-order valence-corrected chi connectivity index (χ3v) is 2.27. The predicted molar refractivity (Wildman–Crippen MR) is 79.7 cm³/mol. The van der Waals surface area contributed by atoms with E-state index >= 15 is 0 Å². The highest BCUT2D eigenvalue weighted by molar-refractivity contribution is 5.81. The van der Waals surface area contributed by atoms with E-state index in [0.717, 1.165) is 4.90 Å². The summed E-state index contributed by atoms with van der Waals surface area (Å²) in [4.78, 5) is 35.6. The minimum absolute atomic E-state index is 0.292. The van der Waals surface area contributed by atoms with Gasteiger partial charge < -0.3 is 19.9 Å². The molecular formula is C14H26N2O6. The summed E-state index contributed by atoms with van der Waals surface area (Å²) < 4.78 is 10.1. The highest BCUT2D eigenvalue weighted by Crippen LogP contribution is 2.11. The van der Waals surface area contributed by atoms with E-state index < -0.39 is 35.4 Å². The quantitative estimate of drug-likeness (QED) is 0.819. The van der Waals surface area contributed by atoms with Crippen LogP contribution in [0.4, 0.5) is 9.59 Å². The van der Waals surface area contributed by atoms with Gasteiger partial charge in [-0.05, 0) is 41.5 Å². The summed E-state index contributed by atoms with van der Waals surface area (Å²) in [5, 5.41) is 11.5. The molecule has 0 fully saturated rings. The van der Waals surface area contributed by atoms with Crippen molar-refractivity contribution in [2.45, 2.75) is 58.8 Å². The standard InChI is InChI=1S/C14H26N2O6/c1-13(2,3)21-11(19)15-8-9(10(17)18)16(7)12(20)22-14(4,5)6/h9H,8H2,1-7H3,(H,15,19)(H,17,18)/t9-/m0/s1. The molecule has 0 aliphatic carbocycles. The van der Waals surface area contributed by atoms with Gasteiger partial charge in [-0.25, -0.2) is 14.4 Å². The monoisotopic (exact) mass is 318 g/mol. The summed E-state index contributed by atoms with van der Waals surface area (Å²) in [6.07, 6.45) is -1.54. The van der Waals surface area contributed by atoms with Crippen molar-refractivity contribution in [3.8, 4) is 0 Å². The smallest absolute Gasteiger partial charge is 0.410 e. The Kier molecular flexibility index (Phi) is 6.66. The lowest BCUT2D eigenvalue weighted by molar-refractivity contribution is -0.142. The number of ether oxygens (including phenoxy) is 2. The summed E-state index contributed by atoms with van der Waals surface area (Å²) in [7, 11) is 1.30. The van der Waals surface area contributed by atoms with Crippen molar-refractivity contribution in [3.63, 3.8) is 0 Å². The van der Waals surface area contributed by atoms with Crippen LogP contribution in [-0.4, -0.2) is 59.0 Å². The number of hydrogen-bond acceptors (Lipinski definition) is 5. The zero-order chi connectivity index (χ0) is 17.7. The Bertz CT molecular complexity index is 422. The molecule has 1 atom stereocenters. The molecule has 0 heterocycles. The number of carbonyl (C=O) groups is 3. The Morgan fingerprint density at radius 1 is 1.05 bits per heavy atom. The first-order chi connectivity index (χ1) is 9.73. The largest absolute Gasteiger partial charge is 0.480 e.